The van der Waals surface area contributed by atoms with Crippen molar-refractivity contribution in [2.45, 2.75) is 19.4 Å². The van der Waals surface area contributed by atoms with Gasteiger partial charge in [-0.05, 0) is 34.0 Å². The molecule has 1 unspecified atom stereocenters. The molecule has 0 amide bonds. The summed E-state index contributed by atoms with van der Waals surface area (Å²) in [6.07, 6.45) is 1.93. The maximum absolute atomic E-state index is 12.2. The Kier molecular flexibility index (Phi) is 7.83. The lowest BCUT2D eigenvalue weighted by Gasteiger charge is -2.16. The van der Waals surface area contributed by atoms with E-state index in [9.17, 15) is 4.79 Å². The fourth-order valence-electron chi connectivity index (χ4n) is 2.39. The van der Waals surface area contributed by atoms with Crippen LogP contribution in [0.4, 0.5) is 0 Å². The fourth-order valence-corrected chi connectivity index (χ4v) is 2.39. The van der Waals surface area contributed by atoms with Crippen LogP contribution in [0.2, 0.25) is 0 Å². The molecule has 0 aliphatic carbocycles. The van der Waals surface area contributed by atoms with Crippen molar-refractivity contribution in [3.8, 4) is 11.5 Å². The van der Waals surface area contributed by atoms with Crippen molar-refractivity contribution in [2.24, 2.45) is 5.73 Å². The third kappa shape index (κ3) is 5.98. The first kappa shape index (κ1) is 20.2. The topological polar surface area (TPSA) is 103 Å². The van der Waals surface area contributed by atoms with Crippen molar-refractivity contribution in [3.05, 3.63) is 28.8 Å². The Bertz CT molecular complexity index is 748. The highest BCUT2D eigenvalue weighted by Crippen LogP contribution is 2.28. The standard InChI is InChI=1S/C18H28N4O4/c1-13(4-5-19)26-16-11-14(25-9-8-24-7-6-22(2)3)10-15-17(16)18(23)21-12-20-15/h10-13H,4-9,19H2,1-3H3,(H,20,21,23). The van der Waals surface area contributed by atoms with E-state index in [2.05, 4.69) is 14.9 Å². The second-order valence-corrected chi connectivity index (χ2v) is 6.32. The van der Waals surface area contributed by atoms with Gasteiger partial charge in [-0.3, -0.25) is 4.79 Å². The van der Waals surface area contributed by atoms with Crippen LogP contribution in [-0.2, 0) is 4.74 Å². The van der Waals surface area contributed by atoms with Gasteiger partial charge in [-0.15, -0.1) is 0 Å². The minimum absolute atomic E-state index is 0.118. The first-order valence-electron chi connectivity index (χ1n) is 8.74. The lowest BCUT2D eigenvalue weighted by molar-refractivity contribution is 0.0889. The number of aromatic nitrogens is 2. The molecule has 2 aromatic rings. The molecule has 1 heterocycles. The second-order valence-electron chi connectivity index (χ2n) is 6.32. The van der Waals surface area contributed by atoms with E-state index in [0.29, 0.717) is 55.2 Å². The van der Waals surface area contributed by atoms with Crippen molar-refractivity contribution in [1.29, 1.82) is 0 Å². The van der Waals surface area contributed by atoms with E-state index in [0.717, 1.165) is 6.54 Å². The molecule has 1 aromatic heterocycles. The Labute approximate surface area is 153 Å². The first-order valence-corrected chi connectivity index (χ1v) is 8.74. The van der Waals surface area contributed by atoms with E-state index in [-0.39, 0.29) is 11.7 Å². The average molecular weight is 364 g/mol. The molecule has 0 fully saturated rings. The van der Waals surface area contributed by atoms with Gasteiger partial charge in [0, 0.05) is 18.7 Å². The number of likely N-dealkylation sites (N-methyl/N-ethyl adjacent to an activating group) is 1. The van der Waals surface area contributed by atoms with Crippen LogP contribution in [0.15, 0.2) is 23.3 Å². The van der Waals surface area contributed by atoms with E-state index in [1.807, 2.05) is 21.0 Å². The van der Waals surface area contributed by atoms with Gasteiger partial charge in [0.25, 0.3) is 5.56 Å². The van der Waals surface area contributed by atoms with Crippen molar-refractivity contribution in [2.75, 3.05) is 47.0 Å². The summed E-state index contributed by atoms with van der Waals surface area (Å²) in [6, 6.07) is 3.44. The Morgan fingerprint density at radius 3 is 2.81 bits per heavy atom. The number of nitrogens with one attached hydrogen (secondary N) is 1. The lowest BCUT2D eigenvalue weighted by atomic mass is 10.2. The van der Waals surface area contributed by atoms with E-state index in [1.165, 1.54) is 6.33 Å². The maximum atomic E-state index is 12.2. The van der Waals surface area contributed by atoms with Gasteiger partial charge in [-0.1, -0.05) is 0 Å². The number of nitrogens with two attached hydrogens (primary N) is 1. The summed E-state index contributed by atoms with van der Waals surface area (Å²) in [4.78, 5) is 21.0. The monoisotopic (exact) mass is 364 g/mol. The van der Waals surface area contributed by atoms with Gasteiger partial charge >= 0.3 is 0 Å². The number of fused-ring (bicyclic) bond motifs is 1. The summed E-state index contributed by atoms with van der Waals surface area (Å²) >= 11 is 0. The highest BCUT2D eigenvalue weighted by atomic mass is 16.5. The molecule has 1 atom stereocenters. The van der Waals surface area contributed by atoms with Crippen LogP contribution in [0.1, 0.15) is 13.3 Å². The van der Waals surface area contributed by atoms with E-state index >= 15 is 0 Å². The molecule has 0 aliphatic heterocycles. The molecule has 0 spiro atoms. The summed E-state index contributed by atoms with van der Waals surface area (Å²) < 4.78 is 17.2. The Hall–Kier alpha value is -2.16. The van der Waals surface area contributed by atoms with Gasteiger partial charge in [0.15, 0.2) is 0 Å². The summed E-state index contributed by atoms with van der Waals surface area (Å²) in [5, 5.41) is 0.408. The smallest absolute Gasteiger partial charge is 0.262 e. The number of benzene rings is 1. The van der Waals surface area contributed by atoms with Crippen molar-refractivity contribution in [3.63, 3.8) is 0 Å². The summed E-state index contributed by atoms with van der Waals surface area (Å²) in [7, 11) is 3.99. The number of nitrogens with zero attached hydrogens (tertiary/aromatic N) is 2. The molecule has 144 valence electrons. The summed E-state index contributed by atoms with van der Waals surface area (Å²) in [5.41, 5.74) is 5.85. The van der Waals surface area contributed by atoms with Gasteiger partial charge in [0.1, 0.15) is 23.5 Å². The van der Waals surface area contributed by atoms with Crippen LogP contribution >= 0.6 is 0 Å². The van der Waals surface area contributed by atoms with Gasteiger partial charge in [0.2, 0.25) is 0 Å². The van der Waals surface area contributed by atoms with Crippen LogP contribution in [0.3, 0.4) is 0 Å². The minimum atomic E-state index is -0.247. The van der Waals surface area contributed by atoms with Crippen LogP contribution < -0.4 is 20.8 Å². The molecule has 0 bridgehead atoms. The third-order valence-corrected chi connectivity index (χ3v) is 3.76. The van der Waals surface area contributed by atoms with Crippen LogP contribution in [-0.4, -0.2) is 68.0 Å². The second kappa shape index (κ2) is 10.1. The molecule has 8 nitrogen and oxygen atoms in total. The van der Waals surface area contributed by atoms with Crippen LogP contribution in [0, 0.1) is 0 Å². The Morgan fingerprint density at radius 2 is 2.08 bits per heavy atom. The van der Waals surface area contributed by atoms with Crippen molar-refractivity contribution in [1.82, 2.24) is 14.9 Å². The molecule has 0 saturated carbocycles. The fraction of sp³-hybridized carbons (Fsp3) is 0.556. The molecule has 0 saturated heterocycles. The molecule has 3 N–H and O–H groups in total. The molecular weight excluding hydrogens is 336 g/mol. The molecule has 0 aliphatic rings. The van der Waals surface area contributed by atoms with Gasteiger partial charge in [-0.2, -0.15) is 0 Å². The Balaban J connectivity index is 2.09. The summed E-state index contributed by atoms with van der Waals surface area (Å²) in [5.74, 6) is 1.03. The van der Waals surface area contributed by atoms with E-state index in [4.69, 9.17) is 19.9 Å². The average Bonchev–Trinajstić information content (AvgIpc) is 2.58. The molecule has 1 aromatic carbocycles. The number of hydrogen-bond acceptors (Lipinski definition) is 7. The third-order valence-electron chi connectivity index (χ3n) is 3.76. The Morgan fingerprint density at radius 1 is 1.27 bits per heavy atom. The zero-order valence-corrected chi connectivity index (χ0v) is 15.7. The molecule has 8 heteroatoms. The number of H-pyrrole nitrogens is 1. The summed E-state index contributed by atoms with van der Waals surface area (Å²) in [6.45, 7) is 4.81. The lowest BCUT2D eigenvalue weighted by Crippen LogP contribution is -2.20. The van der Waals surface area contributed by atoms with E-state index < -0.39 is 0 Å². The maximum Gasteiger partial charge on any atom is 0.262 e. The zero-order chi connectivity index (χ0) is 18.9. The normalized spacial score (nSPS) is 12.5. The number of hydrogen-bond donors (Lipinski definition) is 2. The predicted molar refractivity (Wildman–Crippen MR) is 101 cm³/mol. The van der Waals surface area contributed by atoms with Gasteiger partial charge in [0.05, 0.1) is 31.2 Å². The first-order chi connectivity index (χ1) is 12.5. The number of aromatic amines is 1. The minimum Gasteiger partial charge on any atom is -0.491 e. The SMILES string of the molecule is CC(CCN)Oc1cc(OCCOCCN(C)C)cc2nc[nH]c(=O)c12. The number of ether oxygens (including phenoxy) is 3. The van der Waals surface area contributed by atoms with Crippen LogP contribution in [0.25, 0.3) is 10.9 Å². The zero-order valence-electron chi connectivity index (χ0n) is 15.7. The predicted octanol–water partition coefficient (Wildman–Crippen LogP) is 0.996. The van der Waals surface area contributed by atoms with Crippen molar-refractivity contribution < 1.29 is 14.2 Å². The van der Waals surface area contributed by atoms with Crippen molar-refractivity contribution >= 4 is 10.9 Å². The highest BCUT2D eigenvalue weighted by Gasteiger charge is 2.13. The molecular formula is C18H28N4O4. The highest BCUT2D eigenvalue weighted by molar-refractivity contribution is 5.85. The van der Waals surface area contributed by atoms with Crippen LogP contribution in [0.5, 0.6) is 11.5 Å². The van der Waals surface area contributed by atoms with E-state index in [1.54, 1.807) is 12.1 Å². The molecule has 0 radical (unpaired) electrons. The van der Waals surface area contributed by atoms with Gasteiger partial charge < -0.3 is 29.8 Å². The van der Waals surface area contributed by atoms with Gasteiger partial charge in [-0.25, -0.2) is 4.98 Å². The quantitative estimate of drug-likeness (QED) is 0.573. The molecule has 26 heavy (non-hydrogen) atoms. The number of rotatable bonds is 11. The molecule has 2 rings (SSSR count). The largest absolute Gasteiger partial charge is 0.491 e.